The Morgan fingerprint density at radius 2 is 1.92 bits per heavy atom. The van der Waals surface area contributed by atoms with Crippen molar-refractivity contribution in [3.63, 3.8) is 0 Å². The Hall–Kier alpha value is -0.350. The largest absolute Gasteiger partial charge is 0.216 e. The molecule has 0 aromatic rings. The monoisotopic (exact) mass is 191 g/mol. The zero-order valence-corrected chi connectivity index (χ0v) is 8.74. The van der Waals surface area contributed by atoms with Gasteiger partial charge in [0.1, 0.15) is 0 Å². The molecule has 4 heteroatoms. The standard InChI is InChI=1S/C8H17NO2S/c1-5-6-7-9-12(10,11)8(2,3)4/h5,9H,1,6-7H2,2-4H3. The van der Waals surface area contributed by atoms with Gasteiger partial charge in [-0.1, -0.05) is 6.08 Å². The van der Waals surface area contributed by atoms with Crippen LogP contribution < -0.4 is 4.72 Å². The van der Waals surface area contributed by atoms with Crippen LogP contribution in [0.1, 0.15) is 27.2 Å². The molecule has 1 N–H and O–H groups in total. The van der Waals surface area contributed by atoms with E-state index in [4.69, 9.17) is 0 Å². The first-order valence-electron chi connectivity index (χ1n) is 3.91. The van der Waals surface area contributed by atoms with Gasteiger partial charge in [-0.05, 0) is 27.2 Å². The van der Waals surface area contributed by atoms with Crippen LogP contribution in [0.4, 0.5) is 0 Å². The van der Waals surface area contributed by atoms with E-state index in [1.165, 1.54) is 0 Å². The van der Waals surface area contributed by atoms with E-state index in [9.17, 15) is 8.42 Å². The average Bonchev–Trinajstić information content (AvgIpc) is 1.85. The molecule has 72 valence electrons. The number of sulfonamides is 1. The summed E-state index contributed by atoms with van der Waals surface area (Å²) in [6.07, 6.45) is 2.35. The normalized spacial score (nSPS) is 12.9. The van der Waals surface area contributed by atoms with Crippen LogP contribution >= 0.6 is 0 Å². The summed E-state index contributed by atoms with van der Waals surface area (Å²) in [5.41, 5.74) is 0. The minimum absolute atomic E-state index is 0.434. The van der Waals surface area contributed by atoms with Crippen molar-refractivity contribution < 1.29 is 8.42 Å². The van der Waals surface area contributed by atoms with E-state index in [2.05, 4.69) is 11.3 Å². The highest BCUT2D eigenvalue weighted by Crippen LogP contribution is 2.12. The molecule has 0 fully saturated rings. The van der Waals surface area contributed by atoms with Crippen LogP contribution in [0.3, 0.4) is 0 Å². The van der Waals surface area contributed by atoms with Crippen LogP contribution in [0.15, 0.2) is 12.7 Å². The highest BCUT2D eigenvalue weighted by atomic mass is 32.2. The second-order valence-corrected chi connectivity index (χ2v) is 6.11. The second kappa shape index (κ2) is 4.05. The topological polar surface area (TPSA) is 46.2 Å². The molecule has 0 radical (unpaired) electrons. The van der Waals surface area contributed by atoms with E-state index < -0.39 is 14.8 Å². The van der Waals surface area contributed by atoms with Crippen molar-refractivity contribution in [3.05, 3.63) is 12.7 Å². The van der Waals surface area contributed by atoms with Gasteiger partial charge in [0, 0.05) is 6.54 Å². The summed E-state index contributed by atoms with van der Waals surface area (Å²) in [5, 5.41) is 0. The molecule has 0 saturated carbocycles. The summed E-state index contributed by atoms with van der Waals surface area (Å²) >= 11 is 0. The quantitative estimate of drug-likeness (QED) is 0.537. The molecule has 0 aliphatic carbocycles. The molecule has 0 heterocycles. The summed E-state index contributed by atoms with van der Waals surface area (Å²) in [6.45, 7) is 8.95. The zero-order valence-electron chi connectivity index (χ0n) is 7.92. The van der Waals surface area contributed by atoms with E-state index in [1.807, 2.05) is 0 Å². The van der Waals surface area contributed by atoms with Crippen LogP contribution in [0.5, 0.6) is 0 Å². The van der Waals surface area contributed by atoms with Gasteiger partial charge < -0.3 is 0 Å². The van der Waals surface area contributed by atoms with Crippen LogP contribution in [0, 0.1) is 0 Å². The fourth-order valence-corrected chi connectivity index (χ4v) is 1.33. The lowest BCUT2D eigenvalue weighted by Gasteiger charge is -2.19. The van der Waals surface area contributed by atoms with E-state index in [0.717, 1.165) is 0 Å². The van der Waals surface area contributed by atoms with Crippen molar-refractivity contribution in [1.29, 1.82) is 0 Å². The maximum atomic E-state index is 11.4. The third kappa shape index (κ3) is 3.36. The van der Waals surface area contributed by atoms with Gasteiger partial charge in [0.2, 0.25) is 10.0 Å². The Morgan fingerprint density at radius 3 is 2.25 bits per heavy atom. The minimum atomic E-state index is -3.17. The SMILES string of the molecule is C=CCCNS(=O)(=O)C(C)(C)C. The van der Waals surface area contributed by atoms with Crippen LogP contribution in [0.2, 0.25) is 0 Å². The number of nitrogens with one attached hydrogen (secondary N) is 1. The van der Waals surface area contributed by atoms with Crippen molar-refractivity contribution in [3.8, 4) is 0 Å². The lowest BCUT2D eigenvalue weighted by Crippen LogP contribution is -2.39. The van der Waals surface area contributed by atoms with Crippen molar-refractivity contribution >= 4 is 10.0 Å². The molecular weight excluding hydrogens is 174 g/mol. The fourth-order valence-electron chi connectivity index (χ4n) is 0.512. The molecule has 0 spiro atoms. The molecule has 0 bridgehead atoms. The van der Waals surface area contributed by atoms with E-state index in [-0.39, 0.29) is 0 Å². The summed E-state index contributed by atoms with van der Waals surface area (Å²) in [7, 11) is -3.17. The summed E-state index contributed by atoms with van der Waals surface area (Å²) in [4.78, 5) is 0. The maximum absolute atomic E-state index is 11.4. The van der Waals surface area contributed by atoms with Gasteiger partial charge >= 0.3 is 0 Å². The Balaban J connectivity index is 4.16. The van der Waals surface area contributed by atoms with Gasteiger partial charge in [0.25, 0.3) is 0 Å². The van der Waals surface area contributed by atoms with Crippen LogP contribution in [-0.4, -0.2) is 19.7 Å². The highest BCUT2D eigenvalue weighted by Gasteiger charge is 2.27. The van der Waals surface area contributed by atoms with E-state index in [1.54, 1.807) is 26.8 Å². The summed E-state index contributed by atoms with van der Waals surface area (Å²) in [5.74, 6) is 0. The lowest BCUT2D eigenvalue weighted by molar-refractivity contribution is 0.545. The first-order chi connectivity index (χ1) is 5.31. The van der Waals surface area contributed by atoms with Crippen molar-refractivity contribution in [2.45, 2.75) is 31.9 Å². The van der Waals surface area contributed by atoms with Crippen LogP contribution in [-0.2, 0) is 10.0 Å². The molecule has 0 saturated heterocycles. The predicted octanol–water partition coefficient (Wildman–Crippen LogP) is 1.28. The van der Waals surface area contributed by atoms with Gasteiger partial charge in [0.05, 0.1) is 4.75 Å². The van der Waals surface area contributed by atoms with E-state index >= 15 is 0 Å². The summed E-state index contributed by atoms with van der Waals surface area (Å²) < 4.78 is 24.5. The molecular formula is C8H17NO2S. The molecule has 0 aromatic heterocycles. The zero-order chi connectivity index (χ0) is 9.83. The third-order valence-electron chi connectivity index (χ3n) is 1.45. The highest BCUT2D eigenvalue weighted by molar-refractivity contribution is 7.90. The van der Waals surface area contributed by atoms with Gasteiger partial charge in [-0.25, -0.2) is 13.1 Å². The second-order valence-electron chi connectivity index (χ2n) is 3.59. The lowest BCUT2D eigenvalue weighted by atomic mass is 10.3. The molecule has 12 heavy (non-hydrogen) atoms. The average molecular weight is 191 g/mol. The van der Waals surface area contributed by atoms with Gasteiger partial charge in [-0.3, -0.25) is 0 Å². The summed E-state index contributed by atoms with van der Waals surface area (Å²) in [6, 6.07) is 0. The van der Waals surface area contributed by atoms with E-state index in [0.29, 0.717) is 13.0 Å². The molecule has 0 aliphatic rings. The van der Waals surface area contributed by atoms with Crippen molar-refractivity contribution in [2.24, 2.45) is 0 Å². The number of hydrogen-bond acceptors (Lipinski definition) is 2. The Morgan fingerprint density at radius 1 is 1.42 bits per heavy atom. The Labute approximate surface area is 74.9 Å². The Bertz CT molecular complexity index is 236. The molecule has 0 rings (SSSR count). The number of hydrogen-bond donors (Lipinski definition) is 1. The first-order valence-corrected chi connectivity index (χ1v) is 5.39. The molecule has 0 atom stereocenters. The van der Waals surface area contributed by atoms with Crippen molar-refractivity contribution in [2.75, 3.05) is 6.54 Å². The molecule has 3 nitrogen and oxygen atoms in total. The van der Waals surface area contributed by atoms with Gasteiger partial charge in [0.15, 0.2) is 0 Å². The van der Waals surface area contributed by atoms with Gasteiger partial charge in [-0.15, -0.1) is 6.58 Å². The Kier molecular flexibility index (Phi) is 3.93. The molecule has 0 unspecified atom stereocenters. The van der Waals surface area contributed by atoms with Crippen molar-refractivity contribution in [1.82, 2.24) is 4.72 Å². The third-order valence-corrected chi connectivity index (χ3v) is 3.64. The molecule has 0 aromatic carbocycles. The number of rotatable bonds is 4. The minimum Gasteiger partial charge on any atom is -0.214 e. The fraction of sp³-hybridized carbons (Fsp3) is 0.750. The maximum Gasteiger partial charge on any atom is 0.216 e. The predicted molar refractivity (Wildman–Crippen MR) is 51.5 cm³/mol. The van der Waals surface area contributed by atoms with Crippen LogP contribution in [0.25, 0.3) is 0 Å². The first kappa shape index (κ1) is 11.6. The smallest absolute Gasteiger partial charge is 0.214 e. The molecule has 0 amide bonds. The van der Waals surface area contributed by atoms with Gasteiger partial charge in [-0.2, -0.15) is 0 Å². The molecule has 0 aliphatic heterocycles.